The Kier molecular flexibility index (Phi) is 4.70. The topological polar surface area (TPSA) is 70.7 Å². The highest BCUT2D eigenvalue weighted by Gasteiger charge is 2.33. The van der Waals surface area contributed by atoms with Crippen LogP contribution in [0.5, 0.6) is 0 Å². The van der Waals surface area contributed by atoms with Gasteiger partial charge in [-0.1, -0.05) is 18.2 Å². The minimum atomic E-state index is -0.298. The molecule has 3 rings (SSSR count). The average Bonchev–Trinajstić information content (AvgIpc) is 3.19. The van der Waals surface area contributed by atoms with Crippen molar-refractivity contribution in [1.82, 2.24) is 15.8 Å². The van der Waals surface area contributed by atoms with Crippen LogP contribution < -0.4 is 10.7 Å². The second-order valence-corrected chi connectivity index (χ2v) is 5.73. The number of carbonyl (C=O) groups is 2. The first-order valence-electron chi connectivity index (χ1n) is 7.75. The Bertz CT molecular complexity index is 529. The van der Waals surface area contributed by atoms with Crippen molar-refractivity contribution in [3.8, 4) is 0 Å². The summed E-state index contributed by atoms with van der Waals surface area (Å²) in [6.45, 7) is 1.97. The van der Waals surface area contributed by atoms with Gasteiger partial charge in [-0.2, -0.15) is 0 Å². The minimum absolute atomic E-state index is 0.0265. The summed E-state index contributed by atoms with van der Waals surface area (Å²) in [6, 6.07) is 8.83. The summed E-state index contributed by atoms with van der Waals surface area (Å²) in [6.07, 6.45) is 2.51. The number of nitrogens with zero attached hydrogens (tertiary/aromatic N) is 1. The maximum absolute atomic E-state index is 12.4. The van der Waals surface area contributed by atoms with E-state index in [0.717, 1.165) is 19.3 Å². The normalized spacial score (nSPS) is 25.1. The second kappa shape index (κ2) is 6.89. The molecule has 22 heavy (non-hydrogen) atoms. The van der Waals surface area contributed by atoms with Crippen molar-refractivity contribution >= 4 is 11.8 Å². The summed E-state index contributed by atoms with van der Waals surface area (Å²) in [5.41, 5.74) is 3.45. The molecule has 1 aromatic carbocycles. The molecule has 2 N–H and O–H groups in total. The predicted octanol–water partition coefficient (Wildman–Crippen LogP) is 0.701. The van der Waals surface area contributed by atoms with Crippen molar-refractivity contribution in [3.63, 3.8) is 0 Å². The van der Waals surface area contributed by atoms with Crippen LogP contribution >= 0.6 is 0 Å². The van der Waals surface area contributed by atoms with E-state index in [2.05, 4.69) is 10.7 Å². The third-order valence-electron chi connectivity index (χ3n) is 4.11. The Morgan fingerprint density at radius 2 is 2.00 bits per heavy atom. The number of amides is 2. The lowest BCUT2D eigenvalue weighted by Gasteiger charge is -2.25. The van der Waals surface area contributed by atoms with Crippen LogP contribution in [0.2, 0.25) is 0 Å². The molecule has 0 saturated carbocycles. The first-order valence-corrected chi connectivity index (χ1v) is 7.75. The fraction of sp³-hybridized carbons (Fsp3) is 0.500. The van der Waals surface area contributed by atoms with E-state index in [0.29, 0.717) is 25.3 Å². The van der Waals surface area contributed by atoms with Gasteiger partial charge in [0, 0.05) is 18.7 Å². The van der Waals surface area contributed by atoms with Gasteiger partial charge in [0.2, 0.25) is 5.91 Å². The summed E-state index contributed by atoms with van der Waals surface area (Å²) >= 11 is 0. The maximum Gasteiger partial charge on any atom is 0.265 e. The molecule has 0 aromatic heterocycles. The van der Waals surface area contributed by atoms with Crippen LogP contribution in [0.3, 0.4) is 0 Å². The highest BCUT2D eigenvalue weighted by atomic mass is 16.5. The Balaban J connectivity index is 1.58. The van der Waals surface area contributed by atoms with Crippen LogP contribution in [0.15, 0.2) is 30.3 Å². The first-order chi connectivity index (χ1) is 10.7. The molecule has 6 heteroatoms. The Labute approximate surface area is 129 Å². The molecule has 2 atom stereocenters. The first kappa shape index (κ1) is 15.0. The molecule has 2 aliphatic heterocycles. The summed E-state index contributed by atoms with van der Waals surface area (Å²) < 4.78 is 5.27. The lowest BCUT2D eigenvalue weighted by Crippen LogP contribution is -2.53. The number of carbonyl (C=O) groups excluding carboxylic acids is 2. The van der Waals surface area contributed by atoms with Crippen LogP contribution in [-0.4, -0.2) is 48.7 Å². The number of rotatable bonds is 4. The van der Waals surface area contributed by atoms with E-state index in [1.165, 1.54) is 0 Å². The summed E-state index contributed by atoms with van der Waals surface area (Å²) in [7, 11) is 0. The largest absolute Gasteiger partial charge is 0.379 e. The van der Waals surface area contributed by atoms with Crippen molar-refractivity contribution in [3.05, 3.63) is 35.9 Å². The van der Waals surface area contributed by atoms with E-state index in [-0.39, 0.29) is 23.9 Å². The predicted molar refractivity (Wildman–Crippen MR) is 81.0 cm³/mol. The van der Waals surface area contributed by atoms with Crippen LogP contribution in [0.1, 0.15) is 29.6 Å². The molecule has 2 fully saturated rings. The molecule has 2 aliphatic rings. The third kappa shape index (κ3) is 3.45. The lowest BCUT2D eigenvalue weighted by molar-refractivity contribution is -0.126. The minimum Gasteiger partial charge on any atom is -0.379 e. The van der Waals surface area contributed by atoms with Gasteiger partial charge in [0.1, 0.15) is 6.04 Å². The molecule has 2 saturated heterocycles. The number of nitrogens with one attached hydrogen (secondary N) is 2. The van der Waals surface area contributed by atoms with Crippen molar-refractivity contribution in [1.29, 1.82) is 0 Å². The molecule has 0 bridgehead atoms. The Hall–Kier alpha value is -1.92. The number of hydrazine groups is 1. The molecule has 1 unspecified atom stereocenters. The molecule has 0 aliphatic carbocycles. The van der Waals surface area contributed by atoms with Crippen molar-refractivity contribution in [2.45, 2.75) is 31.3 Å². The quantitative estimate of drug-likeness (QED) is 0.859. The van der Waals surface area contributed by atoms with Gasteiger partial charge < -0.3 is 10.1 Å². The molecular weight excluding hydrogens is 282 g/mol. The molecule has 0 radical (unpaired) electrons. The van der Waals surface area contributed by atoms with Crippen LogP contribution in [0.4, 0.5) is 0 Å². The number of hydrogen-bond acceptors (Lipinski definition) is 4. The lowest BCUT2D eigenvalue weighted by atomic mass is 10.2. The van der Waals surface area contributed by atoms with Crippen molar-refractivity contribution in [2.24, 2.45) is 0 Å². The fourth-order valence-corrected chi connectivity index (χ4v) is 2.90. The number of benzene rings is 1. The Morgan fingerprint density at radius 1 is 1.18 bits per heavy atom. The SMILES string of the molecule is O=C(NN1CCCC1C(=O)N[C@@H]1CCOC1)c1ccccc1. The van der Waals surface area contributed by atoms with Crippen molar-refractivity contribution in [2.75, 3.05) is 19.8 Å². The highest BCUT2D eigenvalue weighted by Crippen LogP contribution is 2.16. The molecule has 1 aromatic rings. The zero-order chi connectivity index (χ0) is 15.4. The monoisotopic (exact) mass is 303 g/mol. The van der Waals surface area contributed by atoms with Crippen LogP contribution in [0, 0.1) is 0 Å². The van der Waals surface area contributed by atoms with E-state index in [1.54, 1.807) is 17.1 Å². The zero-order valence-corrected chi connectivity index (χ0v) is 12.5. The van der Waals surface area contributed by atoms with Gasteiger partial charge in [0.15, 0.2) is 0 Å². The molecule has 2 heterocycles. The van der Waals surface area contributed by atoms with Crippen molar-refractivity contribution < 1.29 is 14.3 Å². The van der Waals surface area contributed by atoms with E-state index < -0.39 is 0 Å². The Morgan fingerprint density at radius 3 is 2.73 bits per heavy atom. The molecule has 0 spiro atoms. The fourth-order valence-electron chi connectivity index (χ4n) is 2.90. The number of ether oxygens (including phenoxy) is 1. The number of hydrogen-bond donors (Lipinski definition) is 2. The maximum atomic E-state index is 12.4. The summed E-state index contributed by atoms with van der Waals surface area (Å²) in [4.78, 5) is 24.6. The highest BCUT2D eigenvalue weighted by molar-refractivity contribution is 5.94. The van der Waals surface area contributed by atoms with Gasteiger partial charge in [-0.25, -0.2) is 5.01 Å². The van der Waals surface area contributed by atoms with Gasteiger partial charge in [-0.3, -0.25) is 15.0 Å². The van der Waals surface area contributed by atoms with Crippen LogP contribution in [0.25, 0.3) is 0 Å². The van der Waals surface area contributed by atoms with E-state index in [1.807, 2.05) is 18.2 Å². The van der Waals surface area contributed by atoms with Gasteiger partial charge >= 0.3 is 0 Å². The van der Waals surface area contributed by atoms with Crippen LogP contribution in [-0.2, 0) is 9.53 Å². The zero-order valence-electron chi connectivity index (χ0n) is 12.5. The van der Waals surface area contributed by atoms with E-state index in [9.17, 15) is 9.59 Å². The molecule has 118 valence electrons. The average molecular weight is 303 g/mol. The van der Waals surface area contributed by atoms with Gasteiger partial charge in [-0.05, 0) is 31.4 Å². The standard InChI is InChI=1S/C16H21N3O3/c20-15(12-5-2-1-3-6-12)18-19-9-4-7-14(19)16(21)17-13-8-10-22-11-13/h1-3,5-6,13-14H,4,7-11H2,(H,17,21)(H,18,20)/t13-,14?/m1/s1. The van der Waals surface area contributed by atoms with Gasteiger partial charge in [-0.15, -0.1) is 0 Å². The summed E-state index contributed by atoms with van der Waals surface area (Å²) in [5, 5.41) is 4.76. The third-order valence-corrected chi connectivity index (χ3v) is 4.11. The smallest absolute Gasteiger partial charge is 0.265 e. The van der Waals surface area contributed by atoms with E-state index >= 15 is 0 Å². The van der Waals surface area contributed by atoms with Gasteiger partial charge in [0.05, 0.1) is 12.6 Å². The molecule has 2 amide bonds. The second-order valence-electron chi connectivity index (χ2n) is 5.73. The summed E-state index contributed by atoms with van der Waals surface area (Å²) in [5.74, 6) is -0.203. The molecule has 6 nitrogen and oxygen atoms in total. The van der Waals surface area contributed by atoms with Gasteiger partial charge in [0.25, 0.3) is 5.91 Å². The van der Waals surface area contributed by atoms with E-state index in [4.69, 9.17) is 4.74 Å². The molecular formula is C16H21N3O3.